The maximum absolute atomic E-state index is 11.8. The van der Waals surface area contributed by atoms with E-state index in [9.17, 15) is 9.59 Å². The van der Waals surface area contributed by atoms with Gasteiger partial charge in [0.15, 0.2) is 0 Å². The lowest BCUT2D eigenvalue weighted by Crippen LogP contribution is -2.31. The highest BCUT2D eigenvalue weighted by Gasteiger charge is 2.39. The van der Waals surface area contributed by atoms with Crippen molar-refractivity contribution >= 4 is 58.0 Å². The van der Waals surface area contributed by atoms with Crippen molar-refractivity contribution in [3.63, 3.8) is 0 Å². The normalized spacial score (nSPS) is 31.0. The first-order chi connectivity index (χ1) is 7.43. The van der Waals surface area contributed by atoms with Gasteiger partial charge in [-0.05, 0) is 12.8 Å². The van der Waals surface area contributed by atoms with Crippen LogP contribution in [0.3, 0.4) is 0 Å². The van der Waals surface area contributed by atoms with Gasteiger partial charge in [-0.3, -0.25) is 9.59 Å². The summed E-state index contributed by atoms with van der Waals surface area (Å²) in [4.78, 5) is 23.6. The summed E-state index contributed by atoms with van der Waals surface area (Å²) in [6, 6.07) is 0. The van der Waals surface area contributed by atoms with E-state index in [0.29, 0.717) is 11.1 Å². The molecule has 16 heavy (non-hydrogen) atoms. The van der Waals surface area contributed by atoms with Crippen molar-refractivity contribution in [2.75, 3.05) is 0 Å². The molecule has 0 saturated carbocycles. The molecule has 0 heterocycles. The average molecular weight is 300 g/mol. The predicted octanol–water partition coefficient (Wildman–Crippen LogP) is 3.13. The molecule has 0 aromatic carbocycles. The van der Waals surface area contributed by atoms with Crippen molar-refractivity contribution in [1.29, 1.82) is 0 Å². The van der Waals surface area contributed by atoms with Crippen molar-refractivity contribution < 1.29 is 9.59 Å². The maximum atomic E-state index is 11.8. The SMILES string of the molecule is O=C1C(Cl)=C(Cl)C(=O)C2=C1C[C@@H](Cl)[C@@H](Cl)C2. The van der Waals surface area contributed by atoms with Gasteiger partial charge < -0.3 is 0 Å². The molecule has 6 heteroatoms. The Kier molecular flexibility index (Phi) is 3.37. The van der Waals surface area contributed by atoms with Gasteiger partial charge >= 0.3 is 0 Å². The Balaban J connectivity index is 2.48. The lowest BCUT2D eigenvalue weighted by Gasteiger charge is -2.28. The number of alkyl halides is 2. The van der Waals surface area contributed by atoms with E-state index < -0.39 is 11.6 Å². The van der Waals surface area contributed by atoms with E-state index in [1.165, 1.54) is 0 Å². The largest absolute Gasteiger partial charge is 0.288 e. The summed E-state index contributed by atoms with van der Waals surface area (Å²) in [6.07, 6.45) is 0.520. The van der Waals surface area contributed by atoms with Crippen LogP contribution >= 0.6 is 46.4 Å². The number of ketones is 2. The van der Waals surface area contributed by atoms with E-state index in [1.807, 2.05) is 0 Å². The molecule has 2 nitrogen and oxygen atoms in total. The minimum absolute atomic E-state index is 0.220. The van der Waals surface area contributed by atoms with Gasteiger partial charge in [0.2, 0.25) is 11.6 Å². The first-order valence-corrected chi connectivity index (χ1v) is 6.21. The standard InChI is InChI=1S/C10H6Cl4O2/c11-5-1-3-4(2-6(5)12)10(16)8(14)7(13)9(3)15/h5-6H,1-2H2/t5-,6+. The Morgan fingerprint density at radius 3 is 1.44 bits per heavy atom. The summed E-state index contributed by atoms with van der Waals surface area (Å²) >= 11 is 23.3. The van der Waals surface area contributed by atoms with Gasteiger partial charge in [-0.1, -0.05) is 23.2 Å². The fourth-order valence-corrected chi connectivity index (χ4v) is 2.70. The van der Waals surface area contributed by atoms with Crippen molar-refractivity contribution in [3.05, 3.63) is 21.2 Å². The molecular formula is C10H6Cl4O2. The molecule has 0 saturated heterocycles. The zero-order valence-electron chi connectivity index (χ0n) is 7.90. The van der Waals surface area contributed by atoms with Gasteiger partial charge in [-0.2, -0.15) is 0 Å². The Hall–Kier alpha value is -0.0200. The number of rotatable bonds is 0. The van der Waals surface area contributed by atoms with Gasteiger partial charge in [0.1, 0.15) is 10.1 Å². The molecule has 0 radical (unpaired) electrons. The minimum Gasteiger partial charge on any atom is -0.288 e. The molecule has 0 amide bonds. The fraction of sp³-hybridized carbons (Fsp3) is 0.400. The summed E-state index contributed by atoms with van der Waals surface area (Å²) in [5.41, 5.74) is 0.715. The molecule has 0 bridgehead atoms. The van der Waals surface area contributed by atoms with Crippen molar-refractivity contribution in [2.45, 2.75) is 23.6 Å². The monoisotopic (exact) mass is 298 g/mol. The van der Waals surface area contributed by atoms with Gasteiger partial charge in [-0.25, -0.2) is 0 Å². The third-order valence-electron chi connectivity index (χ3n) is 2.69. The highest BCUT2D eigenvalue weighted by molar-refractivity contribution is 6.59. The number of carbonyl (C=O) groups excluding carboxylic acids is 2. The van der Waals surface area contributed by atoms with Crippen LogP contribution in [0.15, 0.2) is 21.2 Å². The fourth-order valence-electron chi connectivity index (χ4n) is 1.82. The Labute approximate surface area is 112 Å². The Bertz CT molecular complexity index is 410. The van der Waals surface area contributed by atoms with Gasteiger partial charge in [0, 0.05) is 11.1 Å². The number of Topliss-reactive ketones (excluding diaryl/α,β-unsaturated/α-hetero) is 2. The molecule has 0 fully saturated rings. The van der Waals surface area contributed by atoms with E-state index in [0.717, 1.165) is 0 Å². The molecule has 0 aromatic rings. The number of hydrogen-bond donors (Lipinski definition) is 0. The summed E-state index contributed by atoms with van der Waals surface area (Å²) in [6.45, 7) is 0. The second-order valence-electron chi connectivity index (χ2n) is 3.68. The van der Waals surface area contributed by atoms with Crippen LogP contribution in [0.5, 0.6) is 0 Å². The second kappa shape index (κ2) is 4.34. The molecule has 2 rings (SSSR count). The molecule has 2 aliphatic rings. The van der Waals surface area contributed by atoms with Crippen molar-refractivity contribution in [3.8, 4) is 0 Å². The van der Waals surface area contributed by atoms with E-state index in [1.54, 1.807) is 0 Å². The topological polar surface area (TPSA) is 34.1 Å². The summed E-state index contributed by atoms with van der Waals surface area (Å²) in [7, 11) is 0. The second-order valence-corrected chi connectivity index (χ2v) is 5.56. The van der Waals surface area contributed by atoms with E-state index in [-0.39, 0.29) is 33.7 Å². The molecule has 0 N–H and O–H groups in total. The molecule has 0 spiro atoms. The van der Waals surface area contributed by atoms with Gasteiger partial charge in [-0.15, -0.1) is 23.2 Å². The molecule has 0 aliphatic heterocycles. The van der Waals surface area contributed by atoms with Crippen LogP contribution in [0.4, 0.5) is 0 Å². The summed E-state index contributed by atoms with van der Waals surface area (Å²) < 4.78 is 0. The zero-order valence-corrected chi connectivity index (χ0v) is 10.9. The van der Waals surface area contributed by atoms with Gasteiger partial charge in [0.05, 0.1) is 10.8 Å². The van der Waals surface area contributed by atoms with Crippen LogP contribution < -0.4 is 0 Å². The molecule has 86 valence electrons. The minimum atomic E-state index is -0.407. The van der Waals surface area contributed by atoms with Crippen LogP contribution in [-0.2, 0) is 9.59 Å². The first kappa shape index (κ1) is 12.4. The molecule has 2 aliphatic carbocycles. The summed E-state index contributed by atoms with van der Waals surface area (Å²) in [5.74, 6) is -0.814. The Morgan fingerprint density at radius 2 is 1.12 bits per heavy atom. The molecule has 2 atom stereocenters. The highest BCUT2D eigenvalue weighted by Crippen LogP contribution is 2.40. The number of hydrogen-bond acceptors (Lipinski definition) is 2. The first-order valence-electron chi connectivity index (χ1n) is 4.58. The van der Waals surface area contributed by atoms with Crippen LogP contribution in [0.2, 0.25) is 0 Å². The van der Waals surface area contributed by atoms with Crippen LogP contribution in [0, 0.1) is 0 Å². The van der Waals surface area contributed by atoms with Crippen LogP contribution in [-0.4, -0.2) is 22.3 Å². The third-order valence-corrected chi connectivity index (χ3v) is 4.56. The lowest BCUT2D eigenvalue weighted by atomic mass is 9.83. The molecular weight excluding hydrogens is 294 g/mol. The molecule has 0 unspecified atom stereocenters. The lowest BCUT2D eigenvalue weighted by molar-refractivity contribution is -0.116. The quantitative estimate of drug-likeness (QED) is 0.509. The van der Waals surface area contributed by atoms with E-state index in [2.05, 4.69) is 0 Å². The number of halogens is 4. The Morgan fingerprint density at radius 1 is 0.812 bits per heavy atom. The van der Waals surface area contributed by atoms with Crippen LogP contribution in [0.25, 0.3) is 0 Å². The van der Waals surface area contributed by atoms with Crippen molar-refractivity contribution in [1.82, 2.24) is 0 Å². The van der Waals surface area contributed by atoms with Crippen LogP contribution in [0.1, 0.15) is 12.8 Å². The highest BCUT2D eigenvalue weighted by atomic mass is 35.5. The maximum Gasteiger partial charge on any atom is 0.202 e. The smallest absolute Gasteiger partial charge is 0.202 e. The average Bonchev–Trinajstić information content (AvgIpc) is 2.26. The van der Waals surface area contributed by atoms with Gasteiger partial charge in [0.25, 0.3) is 0 Å². The van der Waals surface area contributed by atoms with E-state index in [4.69, 9.17) is 46.4 Å². The predicted molar refractivity (Wildman–Crippen MR) is 64.3 cm³/mol. The van der Waals surface area contributed by atoms with E-state index >= 15 is 0 Å². The molecule has 0 aromatic heterocycles. The zero-order chi connectivity index (χ0) is 12.0. The third kappa shape index (κ3) is 1.82. The summed E-state index contributed by atoms with van der Waals surface area (Å²) in [5, 5.41) is -1.17. The van der Waals surface area contributed by atoms with Crippen molar-refractivity contribution in [2.24, 2.45) is 0 Å². The number of allylic oxidation sites excluding steroid dienone is 4. The number of carbonyl (C=O) groups is 2.